The van der Waals surface area contributed by atoms with Crippen LogP contribution in [0.15, 0.2) is 18.2 Å². The predicted octanol–water partition coefficient (Wildman–Crippen LogP) is 1.94. The van der Waals surface area contributed by atoms with Crippen molar-refractivity contribution in [2.45, 2.75) is 51.4 Å². The van der Waals surface area contributed by atoms with Gasteiger partial charge >= 0.3 is 13.1 Å². The Morgan fingerprint density at radius 2 is 1.84 bits per heavy atom. The number of hydrogen-bond acceptors (Lipinski definition) is 6. The van der Waals surface area contributed by atoms with Crippen LogP contribution >= 0.6 is 0 Å². The molecule has 2 saturated heterocycles. The highest BCUT2D eigenvalue weighted by Gasteiger charge is 2.51. The fraction of sp³-hybridized carbons (Fsp3) is 0.611. The molecule has 136 valence electrons. The third kappa shape index (κ3) is 3.68. The Kier molecular flexibility index (Phi) is 4.83. The van der Waals surface area contributed by atoms with Crippen LogP contribution in [0.2, 0.25) is 0 Å². The average Bonchev–Trinajstić information content (AvgIpc) is 3.12. The van der Waals surface area contributed by atoms with Crippen LogP contribution < -0.4 is 10.2 Å². The van der Waals surface area contributed by atoms with Gasteiger partial charge in [-0.15, -0.1) is 0 Å². The first kappa shape index (κ1) is 18.2. The summed E-state index contributed by atoms with van der Waals surface area (Å²) in [5.41, 5.74) is 0.220. The van der Waals surface area contributed by atoms with E-state index in [0.29, 0.717) is 24.5 Å². The maximum Gasteiger partial charge on any atom is 0.494 e. The first-order valence-electron chi connectivity index (χ1n) is 8.55. The van der Waals surface area contributed by atoms with Crippen molar-refractivity contribution in [3.05, 3.63) is 23.8 Å². The van der Waals surface area contributed by atoms with Crippen LogP contribution in [0.5, 0.6) is 5.75 Å². The summed E-state index contributed by atoms with van der Waals surface area (Å²) in [4.78, 5) is 12.0. The van der Waals surface area contributed by atoms with Gasteiger partial charge in [0.25, 0.3) is 0 Å². The molecule has 6 nitrogen and oxygen atoms in total. The second kappa shape index (κ2) is 6.63. The summed E-state index contributed by atoms with van der Waals surface area (Å²) in [6, 6.07) is 5.26. The van der Waals surface area contributed by atoms with Gasteiger partial charge in [0.05, 0.1) is 37.1 Å². The van der Waals surface area contributed by atoms with Crippen molar-refractivity contribution in [2.24, 2.45) is 0 Å². The molecule has 0 radical (unpaired) electrons. The first-order valence-corrected chi connectivity index (χ1v) is 8.55. The first-order chi connectivity index (χ1) is 11.7. The van der Waals surface area contributed by atoms with Crippen molar-refractivity contribution >= 4 is 18.6 Å². The fourth-order valence-corrected chi connectivity index (χ4v) is 2.84. The molecule has 2 fully saturated rings. The van der Waals surface area contributed by atoms with Crippen LogP contribution in [0.1, 0.15) is 44.5 Å². The van der Waals surface area contributed by atoms with Gasteiger partial charge in [-0.2, -0.15) is 0 Å². The van der Waals surface area contributed by atoms with Crippen molar-refractivity contribution in [3.63, 3.8) is 0 Å². The maximum absolute atomic E-state index is 12.0. The second-order valence-corrected chi connectivity index (χ2v) is 7.47. The quantitative estimate of drug-likeness (QED) is 0.612. The summed E-state index contributed by atoms with van der Waals surface area (Å²) >= 11 is 0. The van der Waals surface area contributed by atoms with E-state index in [4.69, 9.17) is 23.5 Å². The lowest BCUT2D eigenvalue weighted by Gasteiger charge is -2.32. The third-order valence-corrected chi connectivity index (χ3v) is 5.07. The Labute approximate surface area is 148 Å². The standard InChI is InChI=1S/C18H25BO6/c1-17(2)18(3,4)25-19(24-17)13-8-12(16(20)21-5)9-15(10-13)23-14-6-7-22-11-14/h8-10,14H,6-7,11H2,1-5H3/t14-/m1/s1. The van der Waals surface area contributed by atoms with Gasteiger partial charge in [0.1, 0.15) is 11.9 Å². The highest BCUT2D eigenvalue weighted by molar-refractivity contribution is 6.62. The Morgan fingerprint density at radius 1 is 1.16 bits per heavy atom. The van der Waals surface area contributed by atoms with Crippen LogP contribution in [0.25, 0.3) is 0 Å². The van der Waals surface area contributed by atoms with Crippen LogP contribution in [-0.2, 0) is 18.8 Å². The molecule has 2 aliphatic rings. The van der Waals surface area contributed by atoms with Gasteiger partial charge in [-0.05, 0) is 51.4 Å². The monoisotopic (exact) mass is 348 g/mol. The van der Waals surface area contributed by atoms with Crippen LogP contribution in [-0.4, -0.2) is 50.7 Å². The molecule has 3 rings (SSSR count). The third-order valence-electron chi connectivity index (χ3n) is 5.07. The SMILES string of the molecule is COC(=O)c1cc(O[C@@H]2CCOC2)cc(B2OC(C)(C)C(C)(C)O2)c1. The van der Waals surface area contributed by atoms with E-state index >= 15 is 0 Å². The highest BCUT2D eigenvalue weighted by Crippen LogP contribution is 2.36. The molecule has 0 aromatic heterocycles. The van der Waals surface area contributed by atoms with Gasteiger partial charge < -0.3 is 23.5 Å². The smallest absolute Gasteiger partial charge is 0.488 e. The zero-order valence-electron chi connectivity index (χ0n) is 15.5. The Hall–Kier alpha value is -1.57. The molecule has 7 heteroatoms. The number of ether oxygens (including phenoxy) is 3. The molecule has 1 aromatic carbocycles. The summed E-state index contributed by atoms with van der Waals surface area (Å²) < 4.78 is 28.4. The predicted molar refractivity (Wildman–Crippen MR) is 93.3 cm³/mol. The molecule has 2 heterocycles. The van der Waals surface area contributed by atoms with E-state index in [1.165, 1.54) is 7.11 Å². The summed E-state index contributed by atoms with van der Waals surface area (Å²) in [7, 11) is 0.784. The molecule has 0 amide bonds. The average molecular weight is 348 g/mol. The molecule has 0 saturated carbocycles. The lowest BCUT2D eigenvalue weighted by Crippen LogP contribution is -2.41. The van der Waals surface area contributed by atoms with E-state index < -0.39 is 24.3 Å². The van der Waals surface area contributed by atoms with Gasteiger partial charge in [-0.1, -0.05) is 0 Å². The minimum Gasteiger partial charge on any atom is -0.488 e. The molecule has 0 spiro atoms. The number of benzene rings is 1. The van der Waals surface area contributed by atoms with Gasteiger partial charge in [0.15, 0.2) is 0 Å². The van der Waals surface area contributed by atoms with Gasteiger partial charge in [0, 0.05) is 6.42 Å². The van der Waals surface area contributed by atoms with E-state index in [2.05, 4.69) is 0 Å². The van der Waals surface area contributed by atoms with E-state index in [1.807, 2.05) is 33.8 Å². The lowest BCUT2D eigenvalue weighted by molar-refractivity contribution is 0.00578. The molecule has 2 aliphatic heterocycles. The van der Waals surface area contributed by atoms with Crippen molar-refractivity contribution < 1.29 is 28.3 Å². The topological polar surface area (TPSA) is 63.2 Å². The summed E-state index contributed by atoms with van der Waals surface area (Å²) in [6.45, 7) is 9.20. The number of esters is 1. The van der Waals surface area contributed by atoms with E-state index in [-0.39, 0.29) is 6.10 Å². The molecule has 0 bridgehead atoms. The number of hydrogen-bond donors (Lipinski definition) is 0. The highest BCUT2D eigenvalue weighted by atomic mass is 16.7. The minimum absolute atomic E-state index is 0.0148. The number of methoxy groups -OCH3 is 1. The Morgan fingerprint density at radius 3 is 2.40 bits per heavy atom. The van der Waals surface area contributed by atoms with Crippen molar-refractivity contribution in [2.75, 3.05) is 20.3 Å². The molecular formula is C18H25BO6. The fourth-order valence-electron chi connectivity index (χ4n) is 2.84. The molecule has 1 aromatic rings. The molecular weight excluding hydrogens is 323 g/mol. The molecule has 0 unspecified atom stereocenters. The minimum atomic E-state index is -0.572. The molecule has 25 heavy (non-hydrogen) atoms. The van der Waals surface area contributed by atoms with Crippen LogP contribution in [0.3, 0.4) is 0 Å². The maximum atomic E-state index is 12.0. The largest absolute Gasteiger partial charge is 0.494 e. The Bertz CT molecular complexity index is 635. The number of rotatable bonds is 4. The van der Waals surface area contributed by atoms with E-state index in [9.17, 15) is 4.79 Å². The molecule has 0 N–H and O–H groups in total. The molecule has 0 aliphatic carbocycles. The second-order valence-electron chi connectivity index (χ2n) is 7.47. The van der Waals surface area contributed by atoms with Crippen LogP contribution in [0.4, 0.5) is 0 Å². The van der Waals surface area contributed by atoms with Crippen LogP contribution in [0, 0.1) is 0 Å². The summed E-state index contributed by atoms with van der Waals surface area (Å²) in [5, 5.41) is 0. The van der Waals surface area contributed by atoms with Crippen molar-refractivity contribution in [1.29, 1.82) is 0 Å². The number of carbonyl (C=O) groups is 1. The van der Waals surface area contributed by atoms with Gasteiger partial charge in [-0.25, -0.2) is 4.79 Å². The number of carbonyl (C=O) groups excluding carboxylic acids is 1. The summed E-state index contributed by atoms with van der Waals surface area (Å²) in [6.07, 6.45) is 0.813. The van der Waals surface area contributed by atoms with Gasteiger partial charge in [-0.3, -0.25) is 0 Å². The van der Waals surface area contributed by atoms with Gasteiger partial charge in [0.2, 0.25) is 0 Å². The molecule has 1 atom stereocenters. The normalized spacial score (nSPS) is 24.4. The Balaban J connectivity index is 1.91. The van der Waals surface area contributed by atoms with Crippen molar-refractivity contribution in [3.8, 4) is 5.75 Å². The van der Waals surface area contributed by atoms with Crippen molar-refractivity contribution in [1.82, 2.24) is 0 Å². The zero-order chi connectivity index (χ0) is 18.2. The van der Waals surface area contributed by atoms with E-state index in [1.54, 1.807) is 12.1 Å². The lowest BCUT2D eigenvalue weighted by atomic mass is 9.78. The van der Waals surface area contributed by atoms with E-state index in [0.717, 1.165) is 11.9 Å². The zero-order valence-corrected chi connectivity index (χ0v) is 15.5. The summed E-state index contributed by atoms with van der Waals surface area (Å²) in [5.74, 6) is 0.161.